The molecule has 2 heterocycles. The number of nitrogens with one attached hydrogen (secondary N) is 2. The highest BCUT2D eigenvalue weighted by Gasteiger charge is 2.15. The van der Waals surface area contributed by atoms with E-state index in [9.17, 15) is 4.79 Å². The van der Waals surface area contributed by atoms with Crippen LogP contribution in [0.15, 0.2) is 30.3 Å². The summed E-state index contributed by atoms with van der Waals surface area (Å²) in [5.41, 5.74) is 2.48. The molecule has 1 aliphatic rings. The standard InChI is InChI=1S/C18H23N3O.2ClH/c1-13-11-16(15-6-2-3-7-17(15)21-13)18(22)20-10-8-14-5-4-9-19-12-14;;/h2-3,6-7,11,14,19H,4-5,8-10,12H2,1H3,(H,20,22);2*1H. The Hall–Kier alpha value is -1.36. The molecule has 0 radical (unpaired) electrons. The molecule has 132 valence electrons. The van der Waals surface area contributed by atoms with E-state index in [2.05, 4.69) is 15.6 Å². The Kier molecular flexibility index (Phi) is 8.46. The highest BCUT2D eigenvalue weighted by Crippen LogP contribution is 2.18. The molecule has 1 fully saturated rings. The Bertz CT molecular complexity index is 672. The van der Waals surface area contributed by atoms with Gasteiger partial charge in [-0.15, -0.1) is 24.8 Å². The van der Waals surface area contributed by atoms with Crippen LogP contribution in [0.1, 0.15) is 35.3 Å². The number of aryl methyl sites for hydroxylation is 1. The van der Waals surface area contributed by atoms with Crippen molar-refractivity contribution in [2.75, 3.05) is 19.6 Å². The van der Waals surface area contributed by atoms with Gasteiger partial charge in [0.05, 0.1) is 11.1 Å². The molecule has 0 bridgehead atoms. The van der Waals surface area contributed by atoms with Crippen LogP contribution in [-0.2, 0) is 0 Å². The van der Waals surface area contributed by atoms with Gasteiger partial charge in [-0.05, 0) is 57.3 Å². The fraction of sp³-hybridized carbons (Fsp3) is 0.444. The maximum atomic E-state index is 12.5. The number of halogens is 2. The Morgan fingerprint density at radius 3 is 2.88 bits per heavy atom. The van der Waals surface area contributed by atoms with Gasteiger partial charge in [0.2, 0.25) is 0 Å². The van der Waals surface area contributed by atoms with E-state index in [4.69, 9.17) is 0 Å². The molecule has 6 heteroatoms. The van der Waals surface area contributed by atoms with E-state index < -0.39 is 0 Å². The van der Waals surface area contributed by atoms with E-state index in [0.29, 0.717) is 5.92 Å². The second-order valence-corrected chi connectivity index (χ2v) is 6.09. The summed E-state index contributed by atoms with van der Waals surface area (Å²) in [6.07, 6.45) is 3.55. The number of amides is 1. The molecule has 1 amide bonds. The zero-order valence-corrected chi connectivity index (χ0v) is 15.5. The average Bonchev–Trinajstić information content (AvgIpc) is 2.55. The summed E-state index contributed by atoms with van der Waals surface area (Å²) in [7, 11) is 0. The van der Waals surface area contributed by atoms with Gasteiger partial charge in [-0.2, -0.15) is 0 Å². The molecule has 0 saturated carbocycles. The number of piperidine rings is 1. The lowest BCUT2D eigenvalue weighted by molar-refractivity contribution is 0.0952. The molecule has 1 aliphatic heterocycles. The first-order valence-corrected chi connectivity index (χ1v) is 8.09. The van der Waals surface area contributed by atoms with Gasteiger partial charge in [-0.25, -0.2) is 0 Å². The van der Waals surface area contributed by atoms with Crippen molar-refractivity contribution in [2.24, 2.45) is 5.92 Å². The molecule has 1 unspecified atom stereocenters. The molecule has 24 heavy (non-hydrogen) atoms. The topological polar surface area (TPSA) is 54.0 Å². The normalized spacial score (nSPS) is 16.8. The molecule has 1 aromatic carbocycles. The maximum Gasteiger partial charge on any atom is 0.252 e. The largest absolute Gasteiger partial charge is 0.352 e. The summed E-state index contributed by atoms with van der Waals surface area (Å²) in [6.45, 7) is 4.87. The fourth-order valence-corrected chi connectivity index (χ4v) is 3.15. The molecule has 1 saturated heterocycles. The lowest BCUT2D eigenvalue weighted by Crippen LogP contribution is -2.33. The van der Waals surface area contributed by atoms with Gasteiger partial charge in [0.1, 0.15) is 0 Å². The van der Waals surface area contributed by atoms with E-state index in [1.165, 1.54) is 12.8 Å². The van der Waals surface area contributed by atoms with Gasteiger partial charge in [-0.1, -0.05) is 18.2 Å². The maximum absolute atomic E-state index is 12.5. The summed E-state index contributed by atoms with van der Waals surface area (Å²) in [5.74, 6) is 0.690. The van der Waals surface area contributed by atoms with Gasteiger partial charge in [0.15, 0.2) is 0 Å². The molecule has 1 aromatic heterocycles. The number of pyridine rings is 1. The van der Waals surface area contributed by atoms with Crippen LogP contribution in [0.5, 0.6) is 0 Å². The predicted octanol–water partition coefficient (Wildman–Crippen LogP) is 3.51. The van der Waals surface area contributed by atoms with Crippen molar-refractivity contribution in [3.63, 3.8) is 0 Å². The third kappa shape index (κ3) is 5.07. The summed E-state index contributed by atoms with van der Waals surface area (Å²) in [4.78, 5) is 17.0. The SMILES string of the molecule is Cc1cc(C(=O)NCCC2CCCNC2)c2ccccc2n1.Cl.Cl. The summed E-state index contributed by atoms with van der Waals surface area (Å²) >= 11 is 0. The lowest BCUT2D eigenvalue weighted by Gasteiger charge is -2.22. The molecule has 4 nitrogen and oxygen atoms in total. The molecular weight excluding hydrogens is 345 g/mol. The van der Waals surface area contributed by atoms with Crippen LogP contribution >= 0.6 is 24.8 Å². The number of carbonyl (C=O) groups is 1. The highest BCUT2D eigenvalue weighted by atomic mass is 35.5. The Labute approximate surface area is 155 Å². The Balaban J connectivity index is 0.00000144. The number of para-hydroxylation sites is 1. The van der Waals surface area contributed by atoms with E-state index in [-0.39, 0.29) is 30.7 Å². The van der Waals surface area contributed by atoms with E-state index in [1.54, 1.807) is 0 Å². The number of rotatable bonds is 4. The quantitative estimate of drug-likeness (QED) is 0.866. The molecule has 0 aliphatic carbocycles. The molecule has 1 atom stereocenters. The van der Waals surface area contributed by atoms with Crippen LogP contribution in [0.3, 0.4) is 0 Å². The minimum Gasteiger partial charge on any atom is -0.352 e. The second kappa shape index (κ2) is 9.82. The lowest BCUT2D eigenvalue weighted by atomic mass is 9.96. The van der Waals surface area contributed by atoms with Crippen molar-refractivity contribution in [3.05, 3.63) is 41.6 Å². The van der Waals surface area contributed by atoms with Gasteiger partial charge in [0.25, 0.3) is 5.91 Å². The summed E-state index contributed by atoms with van der Waals surface area (Å²) in [6, 6.07) is 9.69. The van der Waals surface area contributed by atoms with Gasteiger partial charge >= 0.3 is 0 Å². The zero-order chi connectivity index (χ0) is 15.4. The number of hydrogen-bond donors (Lipinski definition) is 2. The van der Waals surface area contributed by atoms with E-state index in [0.717, 1.165) is 48.2 Å². The van der Waals surface area contributed by atoms with Crippen molar-refractivity contribution >= 4 is 41.6 Å². The Morgan fingerprint density at radius 1 is 1.33 bits per heavy atom. The Morgan fingerprint density at radius 2 is 2.12 bits per heavy atom. The molecule has 2 aromatic rings. The van der Waals surface area contributed by atoms with Crippen LogP contribution in [0, 0.1) is 12.8 Å². The van der Waals surface area contributed by atoms with Crippen LogP contribution < -0.4 is 10.6 Å². The molecule has 3 rings (SSSR count). The monoisotopic (exact) mass is 369 g/mol. The summed E-state index contributed by atoms with van der Waals surface area (Å²) < 4.78 is 0. The molecule has 0 spiro atoms. The van der Waals surface area contributed by atoms with Gasteiger partial charge in [0, 0.05) is 17.6 Å². The van der Waals surface area contributed by atoms with Crippen LogP contribution in [0.25, 0.3) is 10.9 Å². The van der Waals surface area contributed by atoms with Crippen molar-refractivity contribution in [3.8, 4) is 0 Å². The molecular formula is C18H25Cl2N3O. The first-order chi connectivity index (χ1) is 10.7. The third-order valence-electron chi connectivity index (χ3n) is 4.33. The van der Waals surface area contributed by atoms with Gasteiger partial charge in [-0.3, -0.25) is 9.78 Å². The van der Waals surface area contributed by atoms with Crippen LogP contribution in [0.2, 0.25) is 0 Å². The number of hydrogen-bond acceptors (Lipinski definition) is 3. The van der Waals surface area contributed by atoms with E-state index >= 15 is 0 Å². The van der Waals surface area contributed by atoms with Crippen LogP contribution in [0.4, 0.5) is 0 Å². The van der Waals surface area contributed by atoms with Crippen LogP contribution in [-0.4, -0.2) is 30.5 Å². The number of benzene rings is 1. The first-order valence-electron chi connectivity index (χ1n) is 8.09. The van der Waals surface area contributed by atoms with Crippen molar-refractivity contribution in [2.45, 2.75) is 26.2 Å². The van der Waals surface area contributed by atoms with Crippen molar-refractivity contribution in [1.82, 2.24) is 15.6 Å². The van der Waals surface area contributed by atoms with Crippen molar-refractivity contribution < 1.29 is 4.79 Å². The first kappa shape index (κ1) is 20.7. The number of carbonyl (C=O) groups excluding carboxylic acids is 1. The zero-order valence-electron chi connectivity index (χ0n) is 13.9. The minimum atomic E-state index is 0. The number of fused-ring (bicyclic) bond motifs is 1. The number of aromatic nitrogens is 1. The van der Waals surface area contributed by atoms with E-state index in [1.807, 2.05) is 37.3 Å². The summed E-state index contributed by atoms with van der Waals surface area (Å²) in [5, 5.41) is 7.41. The highest BCUT2D eigenvalue weighted by molar-refractivity contribution is 6.06. The minimum absolute atomic E-state index is 0. The predicted molar refractivity (Wildman–Crippen MR) is 104 cm³/mol. The molecule has 2 N–H and O–H groups in total. The van der Waals surface area contributed by atoms with Crippen molar-refractivity contribution in [1.29, 1.82) is 0 Å². The fourth-order valence-electron chi connectivity index (χ4n) is 3.15. The second-order valence-electron chi connectivity index (χ2n) is 6.09. The third-order valence-corrected chi connectivity index (χ3v) is 4.33. The van der Waals surface area contributed by atoms with Gasteiger partial charge < -0.3 is 10.6 Å². The average molecular weight is 370 g/mol. The smallest absolute Gasteiger partial charge is 0.252 e. The number of nitrogens with zero attached hydrogens (tertiary/aromatic N) is 1.